The molecule has 0 spiro atoms. The molecule has 1 fully saturated rings. The molecule has 1 heterocycles. The summed E-state index contributed by atoms with van der Waals surface area (Å²) in [6.07, 6.45) is 0. The Morgan fingerprint density at radius 3 is 2.27 bits per heavy atom. The molecule has 1 saturated heterocycles. The van der Waals surface area contributed by atoms with Crippen LogP contribution in [0.2, 0.25) is 5.02 Å². The molecule has 0 bridgehead atoms. The molecular weight excluding hydrogens is 442 g/mol. The number of rotatable bonds is 5. The number of ketones is 1. The zero-order valence-electron chi connectivity index (χ0n) is 18.3. The van der Waals surface area contributed by atoms with Crippen LogP contribution in [0.15, 0.2) is 72.3 Å². The second-order valence-electron chi connectivity index (χ2n) is 7.63. The van der Waals surface area contributed by atoms with Crippen LogP contribution in [0, 0.1) is 6.92 Å². The molecule has 3 aromatic carbocycles. The van der Waals surface area contributed by atoms with Gasteiger partial charge in [-0.3, -0.25) is 14.5 Å². The van der Waals surface area contributed by atoms with E-state index in [-0.39, 0.29) is 21.9 Å². The zero-order valence-corrected chi connectivity index (χ0v) is 19.1. The summed E-state index contributed by atoms with van der Waals surface area (Å²) in [5.74, 6) is -0.917. The number of nitrogens with zero attached hydrogens (tertiary/aromatic N) is 1. The van der Waals surface area contributed by atoms with Crippen molar-refractivity contribution in [3.63, 3.8) is 0 Å². The molecule has 0 aliphatic carbocycles. The Hall–Kier alpha value is -3.77. The first kappa shape index (κ1) is 22.4. The Morgan fingerprint density at radius 2 is 1.61 bits per heavy atom. The third-order valence-corrected chi connectivity index (χ3v) is 5.92. The van der Waals surface area contributed by atoms with E-state index in [2.05, 4.69) is 0 Å². The number of hydrogen-bond donors (Lipinski definition) is 1. The standard InChI is InChI=1S/C26H22ClNO5/c1-15-7-9-17(10-8-15)28-23(16-5-4-6-18(13-16)32-2)22(25(30)26(28)31)24(29)20-14-19(33-3)11-12-21(20)27/h4-14,23,29H,1-3H3/b24-22+. The molecule has 168 valence electrons. The van der Waals surface area contributed by atoms with Crippen LogP contribution in [0.1, 0.15) is 22.7 Å². The predicted molar refractivity (Wildman–Crippen MR) is 127 cm³/mol. The van der Waals surface area contributed by atoms with Crippen LogP contribution in [-0.4, -0.2) is 31.0 Å². The van der Waals surface area contributed by atoms with Crippen LogP contribution in [0.4, 0.5) is 5.69 Å². The van der Waals surface area contributed by atoms with Crippen molar-refractivity contribution in [2.45, 2.75) is 13.0 Å². The molecule has 7 heteroatoms. The van der Waals surface area contributed by atoms with E-state index in [0.29, 0.717) is 22.7 Å². The van der Waals surface area contributed by atoms with Crippen molar-refractivity contribution >= 4 is 34.7 Å². The third kappa shape index (κ3) is 4.05. The van der Waals surface area contributed by atoms with Crippen molar-refractivity contribution in [2.24, 2.45) is 0 Å². The highest BCUT2D eigenvalue weighted by Gasteiger charge is 2.47. The lowest BCUT2D eigenvalue weighted by Gasteiger charge is -2.26. The van der Waals surface area contributed by atoms with Gasteiger partial charge in [-0.05, 0) is 55.0 Å². The maximum atomic E-state index is 13.3. The van der Waals surface area contributed by atoms with Crippen molar-refractivity contribution in [1.29, 1.82) is 0 Å². The molecule has 0 radical (unpaired) electrons. The van der Waals surface area contributed by atoms with Gasteiger partial charge in [0.1, 0.15) is 17.3 Å². The van der Waals surface area contributed by atoms with Crippen molar-refractivity contribution in [1.82, 2.24) is 0 Å². The van der Waals surface area contributed by atoms with Crippen molar-refractivity contribution in [3.05, 3.63) is 94.0 Å². The number of methoxy groups -OCH3 is 2. The highest BCUT2D eigenvalue weighted by molar-refractivity contribution is 6.52. The largest absolute Gasteiger partial charge is 0.507 e. The number of benzene rings is 3. The lowest BCUT2D eigenvalue weighted by Crippen LogP contribution is -2.29. The molecule has 0 saturated carbocycles. The minimum absolute atomic E-state index is 0.0658. The fourth-order valence-corrected chi connectivity index (χ4v) is 4.10. The molecular formula is C26H22ClNO5. The maximum Gasteiger partial charge on any atom is 0.300 e. The second kappa shape index (κ2) is 9.00. The van der Waals surface area contributed by atoms with Gasteiger partial charge in [0.2, 0.25) is 0 Å². The average molecular weight is 464 g/mol. The van der Waals surface area contributed by atoms with Crippen molar-refractivity contribution < 1.29 is 24.2 Å². The first-order valence-electron chi connectivity index (χ1n) is 10.2. The normalized spacial score (nSPS) is 17.3. The highest BCUT2D eigenvalue weighted by Crippen LogP contribution is 2.44. The number of carbonyl (C=O) groups is 2. The number of amides is 1. The number of carbonyl (C=O) groups excluding carboxylic acids is 2. The second-order valence-corrected chi connectivity index (χ2v) is 8.03. The SMILES string of the molecule is COc1cccc(C2/C(=C(\O)c3cc(OC)ccc3Cl)C(=O)C(=O)N2c2ccc(C)cc2)c1. The molecule has 1 atom stereocenters. The summed E-state index contributed by atoms with van der Waals surface area (Å²) in [6, 6.07) is 18.1. The van der Waals surface area contributed by atoms with Gasteiger partial charge in [-0.15, -0.1) is 0 Å². The van der Waals surface area contributed by atoms with Gasteiger partial charge in [0, 0.05) is 11.3 Å². The van der Waals surface area contributed by atoms with E-state index >= 15 is 0 Å². The van der Waals surface area contributed by atoms with E-state index in [0.717, 1.165) is 5.56 Å². The smallest absolute Gasteiger partial charge is 0.300 e. The predicted octanol–water partition coefficient (Wildman–Crippen LogP) is 5.29. The lowest BCUT2D eigenvalue weighted by atomic mass is 9.94. The summed E-state index contributed by atoms with van der Waals surface area (Å²) < 4.78 is 10.6. The number of halogens is 1. The summed E-state index contributed by atoms with van der Waals surface area (Å²) in [5, 5.41) is 11.5. The Kier molecular flexibility index (Phi) is 6.11. The molecule has 1 aliphatic heterocycles. The molecule has 0 aromatic heterocycles. The van der Waals surface area contributed by atoms with Crippen molar-refractivity contribution in [2.75, 3.05) is 19.1 Å². The van der Waals surface area contributed by atoms with Gasteiger partial charge in [-0.2, -0.15) is 0 Å². The van der Waals surface area contributed by atoms with E-state index < -0.39 is 17.7 Å². The monoisotopic (exact) mass is 463 g/mol. The van der Waals surface area contributed by atoms with Crippen LogP contribution in [0.25, 0.3) is 5.76 Å². The third-order valence-electron chi connectivity index (χ3n) is 5.59. The van der Waals surface area contributed by atoms with Crippen molar-refractivity contribution in [3.8, 4) is 11.5 Å². The first-order valence-corrected chi connectivity index (χ1v) is 10.6. The van der Waals surface area contributed by atoms with Crippen LogP contribution in [0.3, 0.4) is 0 Å². The number of aryl methyl sites for hydroxylation is 1. The topological polar surface area (TPSA) is 76.1 Å². The Bertz CT molecular complexity index is 1270. The zero-order chi connectivity index (χ0) is 23.7. The van der Waals surface area contributed by atoms with E-state index in [1.54, 1.807) is 48.5 Å². The summed E-state index contributed by atoms with van der Waals surface area (Å²) in [7, 11) is 3.02. The molecule has 3 aromatic rings. The van der Waals surface area contributed by atoms with Gasteiger partial charge >= 0.3 is 0 Å². The number of aliphatic hydroxyl groups excluding tert-OH is 1. The van der Waals surface area contributed by atoms with E-state index in [1.165, 1.54) is 25.2 Å². The van der Waals surface area contributed by atoms with E-state index in [4.69, 9.17) is 21.1 Å². The molecule has 6 nitrogen and oxygen atoms in total. The van der Waals surface area contributed by atoms with Gasteiger partial charge in [-0.1, -0.05) is 41.4 Å². The first-order chi connectivity index (χ1) is 15.8. The van der Waals surface area contributed by atoms with Crippen LogP contribution in [-0.2, 0) is 9.59 Å². The maximum absolute atomic E-state index is 13.3. The summed E-state index contributed by atoms with van der Waals surface area (Å²) in [4.78, 5) is 27.9. The lowest BCUT2D eigenvalue weighted by molar-refractivity contribution is -0.132. The Balaban J connectivity index is 1.98. The minimum atomic E-state index is -0.884. The Morgan fingerprint density at radius 1 is 0.939 bits per heavy atom. The van der Waals surface area contributed by atoms with Gasteiger partial charge in [-0.25, -0.2) is 0 Å². The molecule has 1 amide bonds. The number of Topliss-reactive ketones (excluding diaryl/α,β-unsaturated/α-hetero) is 1. The fourth-order valence-electron chi connectivity index (χ4n) is 3.89. The number of ether oxygens (including phenoxy) is 2. The molecule has 1 aliphatic rings. The fraction of sp³-hybridized carbons (Fsp3) is 0.154. The highest BCUT2D eigenvalue weighted by atomic mass is 35.5. The number of aliphatic hydroxyl groups is 1. The molecule has 4 rings (SSSR count). The van der Waals surface area contributed by atoms with E-state index in [9.17, 15) is 14.7 Å². The minimum Gasteiger partial charge on any atom is -0.507 e. The molecule has 33 heavy (non-hydrogen) atoms. The Labute approximate surface area is 196 Å². The summed E-state index contributed by atoms with van der Waals surface area (Å²) in [5.41, 5.74) is 2.28. The quantitative estimate of drug-likeness (QED) is 0.316. The summed E-state index contributed by atoms with van der Waals surface area (Å²) in [6.45, 7) is 1.93. The number of hydrogen-bond acceptors (Lipinski definition) is 5. The van der Waals surface area contributed by atoms with Crippen LogP contribution >= 0.6 is 11.6 Å². The summed E-state index contributed by atoms with van der Waals surface area (Å²) >= 11 is 6.34. The van der Waals surface area contributed by atoms with Gasteiger partial charge in [0.15, 0.2) is 0 Å². The average Bonchev–Trinajstić information content (AvgIpc) is 3.10. The number of anilines is 1. The van der Waals surface area contributed by atoms with Crippen LogP contribution in [0.5, 0.6) is 11.5 Å². The van der Waals surface area contributed by atoms with Gasteiger partial charge in [0.25, 0.3) is 11.7 Å². The van der Waals surface area contributed by atoms with E-state index in [1.807, 2.05) is 19.1 Å². The van der Waals surface area contributed by atoms with Gasteiger partial charge < -0.3 is 14.6 Å². The molecule has 1 unspecified atom stereocenters. The van der Waals surface area contributed by atoms with Crippen LogP contribution < -0.4 is 14.4 Å². The molecule has 1 N–H and O–H groups in total. The van der Waals surface area contributed by atoms with Gasteiger partial charge in [0.05, 0.1) is 30.9 Å².